The van der Waals surface area contributed by atoms with Gasteiger partial charge in [-0.25, -0.2) is 9.59 Å². The van der Waals surface area contributed by atoms with Gasteiger partial charge in [0.25, 0.3) is 0 Å². The maximum Gasteiger partial charge on any atom is 3.00 e. The molecule has 0 saturated heterocycles. The summed E-state index contributed by atoms with van der Waals surface area (Å²) in [5.41, 5.74) is 0. The standard InChI is InChI=1S/2C2H4O3.2Fe.3O/c2*3-1-2(4)5;;;;;/h2*3H,1H2,(H,4,5);;;;;/q;;2*+3;3*-2. The van der Waals surface area contributed by atoms with Crippen molar-refractivity contribution in [1.82, 2.24) is 0 Å². The van der Waals surface area contributed by atoms with Crippen LogP contribution in [0.3, 0.4) is 0 Å². The molecule has 0 bridgehead atoms. The second kappa shape index (κ2) is 37.2. The number of hydrogen-bond donors (Lipinski definition) is 4. The van der Waals surface area contributed by atoms with Crippen molar-refractivity contribution in [3.05, 3.63) is 0 Å². The molecular formula is C4H8Fe2O9. The van der Waals surface area contributed by atoms with Gasteiger partial charge in [0.05, 0.1) is 0 Å². The third kappa shape index (κ3) is 134. The van der Waals surface area contributed by atoms with Gasteiger partial charge in [-0.05, 0) is 0 Å². The average molecular weight is 312 g/mol. The number of carboxylic acid groups (broad SMARTS) is 2. The van der Waals surface area contributed by atoms with Crippen LogP contribution in [-0.4, -0.2) is 45.6 Å². The van der Waals surface area contributed by atoms with Gasteiger partial charge in [-0.2, -0.15) is 0 Å². The molecule has 0 aliphatic heterocycles. The van der Waals surface area contributed by atoms with Gasteiger partial charge in [0, 0.05) is 0 Å². The smallest absolute Gasteiger partial charge is 2.00 e. The molecular weight excluding hydrogens is 304 g/mol. The summed E-state index contributed by atoms with van der Waals surface area (Å²) >= 11 is 0. The fourth-order valence-electron chi connectivity index (χ4n) is 0. The molecule has 0 rings (SSSR count). The Morgan fingerprint density at radius 1 is 0.733 bits per heavy atom. The first-order chi connectivity index (χ1) is 4.54. The van der Waals surface area contributed by atoms with Crippen molar-refractivity contribution in [3.8, 4) is 0 Å². The first kappa shape index (κ1) is 46.4. The van der Waals surface area contributed by atoms with Crippen molar-refractivity contribution in [2.45, 2.75) is 0 Å². The maximum absolute atomic E-state index is 9.12. The Kier molecular flexibility index (Phi) is 115. The SMILES string of the molecule is O=C(O)CO.O=C(O)CO.[Fe+3].[Fe+3].[O-2].[O-2].[O-2]. The Balaban J connectivity index is -0.0000000128. The minimum atomic E-state index is -1.19. The van der Waals surface area contributed by atoms with E-state index in [1.165, 1.54) is 0 Å². The summed E-state index contributed by atoms with van der Waals surface area (Å²) in [4.78, 5) is 18.2. The van der Waals surface area contributed by atoms with Crippen molar-refractivity contribution >= 4 is 11.9 Å². The summed E-state index contributed by atoms with van der Waals surface area (Å²) in [7, 11) is 0. The minimum Gasteiger partial charge on any atom is -2.00 e. The number of carbonyl (C=O) groups is 2. The van der Waals surface area contributed by atoms with E-state index in [-0.39, 0.29) is 50.6 Å². The van der Waals surface area contributed by atoms with E-state index in [2.05, 4.69) is 0 Å². The van der Waals surface area contributed by atoms with Crippen LogP contribution in [0.2, 0.25) is 0 Å². The van der Waals surface area contributed by atoms with Crippen LogP contribution in [0, 0.1) is 0 Å². The Bertz CT molecular complexity index is 105. The molecule has 0 amide bonds. The number of rotatable bonds is 2. The molecule has 0 unspecified atom stereocenters. The van der Waals surface area contributed by atoms with Gasteiger partial charge in [-0.15, -0.1) is 0 Å². The first-order valence-corrected chi connectivity index (χ1v) is 2.20. The number of carboxylic acids is 2. The molecule has 2 radical (unpaired) electrons. The van der Waals surface area contributed by atoms with Crippen molar-refractivity contribution in [2.24, 2.45) is 0 Å². The van der Waals surface area contributed by atoms with E-state index >= 15 is 0 Å². The van der Waals surface area contributed by atoms with Gasteiger partial charge in [-0.1, -0.05) is 0 Å². The van der Waals surface area contributed by atoms with Crippen LogP contribution in [0.1, 0.15) is 0 Å². The quantitative estimate of drug-likeness (QED) is 0.415. The molecule has 15 heavy (non-hydrogen) atoms. The van der Waals surface area contributed by atoms with E-state index in [0.717, 1.165) is 0 Å². The zero-order chi connectivity index (χ0) is 8.57. The molecule has 94 valence electrons. The monoisotopic (exact) mass is 312 g/mol. The van der Waals surface area contributed by atoms with Crippen molar-refractivity contribution < 1.29 is 80.6 Å². The van der Waals surface area contributed by atoms with Crippen LogP contribution in [-0.2, 0) is 60.2 Å². The number of hydrogen-bond acceptors (Lipinski definition) is 4. The largest absolute Gasteiger partial charge is 3.00 e. The molecule has 0 aliphatic carbocycles. The molecule has 0 aromatic heterocycles. The molecule has 0 heterocycles. The average Bonchev–Trinajstić information content (AvgIpc) is 1.89. The Morgan fingerprint density at radius 3 is 0.800 bits per heavy atom. The molecule has 0 spiro atoms. The maximum atomic E-state index is 9.12. The molecule has 0 aliphatic rings. The van der Waals surface area contributed by atoms with Crippen LogP contribution in [0.15, 0.2) is 0 Å². The van der Waals surface area contributed by atoms with Crippen molar-refractivity contribution in [1.29, 1.82) is 0 Å². The zero-order valence-corrected chi connectivity index (χ0v) is 9.16. The van der Waals surface area contributed by atoms with Crippen LogP contribution in [0.4, 0.5) is 0 Å². The molecule has 0 aromatic rings. The number of aliphatic hydroxyl groups excluding tert-OH is 2. The third-order valence-corrected chi connectivity index (χ3v) is 0.271. The second-order valence-corrected chi connectivity index (χ2v) is 1.10. The van der Waals surface area contributed by atoms with Crippen LogP contribution in [0.5, 0.6) is 0 Å². The van der Waals surface area contributed by atoms with Gasteiger partial charge in [0.15, 0.2) is 0 Å². The molecule has 0 atom stereocenters. The van der Waals surface area contributed by atoms with E-state index in [1.807, 2.05) is 0 Å². The summed E-state index contributed by atoms with van der Waals surface area (Å²) < 4.78 is 0. The van der Waals surface area contributed by atoms with E-state index in [1.54, 1.807) is 0 Å². The fourth-order valence-corrected chi connectivity index (χ4v) is 0. The molecule has 4 N–H and O–H groups in total. The van der Waals surface area contributed by atoms with Gasteiger partial charge in [-0.3, -0.25) is 0 Å². The van der Waals surface area contributed by atoms with E-state index in [0.29, 0.717) is 0 Å². The van der Waals surface area contributed by atoms with Gasteiger partial charge >= 0.3 is 46.1 Å². The van der Waals surface area contributed by atoms with Crippen LogP contribution in [0.25, 0.3) is 0 Å². The summed E-state index contributed by atoms with van der Waals surface area (Å²) in [5, 5.41) is 30.0. The number of aliphatic hydroxyl groups is 2. The minimum absolute atomic E-state index is 0. The van der Waals surface area contributed by atoms with Crippen LogP contribution >= 0.6 is 0 Å². The predicted molar refractivity (Wildman–Crippen MR) is 31.5 cm³/mol. The second-order valence-electron chi connectivity index (χ2n) is 1.10. The van der Waals surface area contributed by atoms with Crippen molar-refractivity contribution in [2.75, 3.05) is 13.2 Å². The van der Waals surface area contributed by atoms with Crippen molar-refractivity contribution in [3.63, 3.8) is 0 Å². The van der Waals surface area contributed by atoms with E-state index < -0.39 is 25.2 Å². The van der Waals surface area contributed by atoms with E-state index in [9.17, 15) is 0 Å². The first-order valence-electron chi connectivity index (χ1n) is 2.20. The predicted octanol–water partition coefficient (Wildman–Crippen LogP) is -2.23. The van der Waals surface area contributed by atoms with Gasteiger partial charge in [0.2, 0.25) is 0 Å². The zero-order valence-electron chi connectivity index (χ0n) is 6.95. The molecule has 0 saturated carbocycles. The topological polar surface area (TPSA) is 201 Å². The summed E-state index contributed by atoms with van der Waals surface area (Å²) in [5.74, 6) is -2.38. The molecule has 9 nitrogen and oxygen atoms in total. The Hall–Kier alpha value is -0.221. The molecule has 0 aromatic carbocycles. The normalized spacial score (nSPS) is 4.93. The Labute approximate surface area is 106 Å². The Morgan fingerprint density at radius 2 is 0.800 bits per heavy atom. The molecule has 0 fully saturated rings. The van der Waals surface area contributed by atoms with Crippen LogP contribution < -0.4 is 0 Å². The summed E-state index contributed by atoms with van der Waals surface area (Å²) in [6.07, 6.45) is 0. The molecule has 11 heteroatoms. The van der Waals surface area contributed by atoms with Gasteiger partial charge < -0.3 is 36.9 Å². The van der Waals surface area contributed by atoms with E-state index in [4.69, 9.17) is 30.0 Å². The fraction of sp³-hybridized carbons (Fsp3) is 0.500. The summed E-state index contributed by atoms with van der Waals surface area (Å²) in [6, 6.07) is 0. The summed E-state index contributed by atoms with van der Waals surface area (Å²) in [6.45, 7) is -1.56. The third-order valence-electron chi connectivity index (χ3n) is 0.271. The van der Waals surface area contributed by atoms with Gasteiger partial charge in [0.1, 0.15) is 13.2 Å². The number of aliphatic carboxylic acids is 2.